The van der Waals surface area contributed by atoms with Gasteiger partial charge in [0.05, 0.1) is 6.61 Å². The van der Waals surface area contributed by atoms with Crippen molar-refractivity contribution in [2.24, 2.45) is 5.92 Å². The number of aliphatic hydroxyl groups is 1. The third kappa shape index (κ3) is 25.8. The number of aliphatic hydroxyl groups excluding tert-OH is 1. The fourth-order valence-corrected chi connectivity index (χ4v) is 4.27. The van der Waals surface area contributed by atoms with E-state index in [0.29, 0.717) is 12.8 Å². The van der Waals surface area contributed by atoms with Gasteiger partial charge in [0.2, 0.25) is 0 Å². The lowest BCUT2D eigenvalue weighted by Crippen LogP contribution is -2.28. The number of unbranched alkanes of at least 4 members (excludes halogenated alkanes) is 16. The van der Waals surface area contributed by atoms with Gasteiger partial charge in [-0.25, -0.2) is 0 Å². The van der Waals surface area contributed by atoms with Crippen LogP contribution < -0.4 is 0 Å². The maximum Gasteiger partial charge on any atom is 0.306 e. The highest BCUT2D eigenvalue weighted by Crippen LogP contribution is 2.14. The molecule has 0 unspecified atom stereocenters. The Morgan fingerprint density at radius 2 is 1.06 bits per heavy atom. The van der Waals surface area contributed by atoms with Gasteiger partial charge in [-0.1, -0.05) is 130 Å². The van der Waals surface area contributed by atoms with E-state index in [0.717, 1.165) is 44.4 Å². The van der Waals surface area contributed by atoms with Gasteiger partial charge in [0.1, 0.15) is 6.61 Å². The monoisotopic (exact) mass is 498 g/mol. The Labute approximate surface area is 217 Å². The zero-order chi connectivity index (χ0) is 26.0. The summed E-state index contributed by atoms with van der Waals surface area (Å²) < 4.78 is 10.5. The normalized spacial score (nSPS) is 12.1. The first-order valence-electron chi connectivity index (χ1n) is 15.0. The van der Waals surface area contributed by atoms with Crippen molar-refractivity contribution >= 4 is 11.9 Å². The van der Waals surface area contributed by atoms with Crippen LogP contribution in [0, 0.1) is 5.92 Å². The number of carbonyl (C=O) groups is 2. The van der Waals surface area contributed by atoms with Crippen LogP contribution in [0.5, 0.6) is 0 Å². The van der Waals surface area contributed by atoms with Gasteiger partial charge in [-0.2, -0.15) is 0 Å². The minimum atomic E-state index is -0.760. The predicted octanol–water partition coefficient (Wildman–Crippen LogP) is 8.30. The number of carbonyl (C=O) groups excluding carboxylic acids is 2. The average molecular weight is 499 g/mol. The van der Waals surface area contributed by atoms with Crippen molar-refractivity contribution in [3.63, 3.8) is 0 Å². The molecule has 5 heteroatoms. The Balaban J connectivity index is 3.59. The first-order valence-corrected chi connectivity index (χ1v) is 15.0. The van der Waals surface area contributed by atoms with E-state index in [1.54, 1.807) is 0 Å². The molecular formula is C30H58O5. The van der Waals surface area contributed by atoms with Crippen LogP contribution in [-0.2, 0) is 19.1 Å². The molecule has 0 amide bonds. The maximum atomic E-state index is 12.0. The Bertz CT molecular complexity index is 477. The lowest BCUT2D eigenvalue weighted by Gasteiger charge is -2.15. The second-order valence-corrected chi connectivity index (χ2v) is 10.7. The molecule has 0 aliphatic heterocycles. The van der Waals surface area contributed by atoms with Crippen molar-refractivity contribution in [2.75, 3.05) is 13.2 Å². The van der Waals surface area contributed by atoms with Gasteiger partial charge in [0.25, 0.3) is 0 Å². The zero-order valence-corrected chi connectivity index (χ0v) is 23.5. The van der Waals surface area contributed by atoms with Crippen molar-refractivity contribution in [3.05, 3.63) is 0 Å². The van der Waals surface area contributed by atoms with Crippen molar-refractivity contribution in [1.29, 1.82) is 0 Å². The SMILES string of the molecule is CCCCCCCCCCCCCC(=O)OC[C@H](CO)OC(=O)CCCCCCCCCC(C)C. The summed E-state index contributed by atoms with van der Waals surface area (Å²) in [6, 6.07) is 0. The molecule has 0 aromatic carbocycles. The molecule has 1 atom stereocenters. The van der Waals surface area contributed by atoms with Crippen molar-refractivity contribution in [3.8, 4) is 0 Å². The largest absolute Gasteiger partial charge is 0.462 e. The lowest BCUT2D eigenvalue weighted by molar-refractivity contribution is -0.161. The Hall–Kier alpha value is -1.10. The van der Waals surface area contributed by atoms with Crippen LogP contribution in [0.1, 0.15) is 156 Å². The Morgan fingerprint density at radius 3 is 1.51 bits per heavy atom. The lowest BCUT2D eigenvalue weighted by atomic mass is 10.0. The molecule has 0 aromatic rings. The Kier molecular flexibility index (Phi) is 25.2. The summed E-state index contributed by atoms with van der Waals surface area (Å²) in [7, 11) is 0. The number of hydrogen-bond donors (Lipinski definition) is 1. The topological polar surface area (TPSA) is 72.8 Å². The fourth-order valence-electron chi connectivity index (χ4n) is 4.27. The zero-order valence-electron chi connectivity index (χ0n) is 23.5. The molecule has 0 bridgehead atoms. The first kappa shape index (κ1) is 33.9. The Morgan fingerprint density at radius 1 is 0.629 bits per heavy atom. The summed E-state index contributed by atoms with van der Waals surface area (Å²) >= 11 is 0. The number of rotatable bonds is 26. The second kappa shape index (κ2) is 26.0. The van der Waals surface area contributed by atoms with Crippen LogP contribution in [0.3, 0.4) is 0 Å². The highest BCUT2D eigenvalue weighted by atomic mass is 16.6. The average Bonchev–Trinajstić information content (AvgIpc) is 2.83. The van der Waals surface area contributed by atoms with Gasteiger partial charge in [-0.3, -0.25) is 9.59 Å². The van der Waals surface area contributed by atoms with Crippen LogP contribution in [0.2, 0.25) is 0 Å². The summed E-state index contributed by atoms with van der Waals surface area (Å²) in [5, 5.41) is 9.44. The summed E-state index contributed by atoms with van der Waals surface area (Å²) in [5.74, 6) is 0.202. The minimum Gasteiger partial charge on any atom is -0.462 e. The highest BCUT2D eigenvalue weighted by molar-refractivity contribution is 5.70. The number of ether oxygens (including phenoxy) is 2. The van der Waals surface area contributed by atoms with Crippen molar-refractivity contribution in [2.45, 2.75) is 162 Å². The van der Waals surface area contributed by atoms with Gasteiger partial charge in [0, 0.05) is 12.8 Å². The molecule has 5 nitrogen and oxygen atoms in total. The van der Waals surface area contributed by atoms with Crippen LogP contribution >= 0.6 is 0 Å². The van der Waals surface area contributed by atoms with E-state index in [2.05, 4.69) is 20.8 Å². The van der Waals surface area contributed by atoms with Crippen molar-refractivity contribution < 1.29 is 24.2 Å². The molecule has 0 aliphatic rings. The molecule has 0 aromatic heterocycles. The quantitative estimate of drug-likeness (QED) is 0.0959. The molecule has 0 rings (SSSR count). The van der Waals surface area contributed by atoms with E-state index in [1.165, 1.54) is 83.5 Å². The van der Waals surface area contributed by atoms with E-state index in [4.69, 9.17) is 9.47 Å². The van der Waals surface area contributed by atoms with Crippen molar-refractivity contribution in [1.82, 2.24) is 0 Å². The molecular weight excluding hydrogens is 440 g/mol. The summed E-state index contributed by atoms with van der Waals surface area (Å²) in [5.41, 5.74) is 0. The molecule has 208 valence electrons. The van der Waals surface area contributed by atoms with Crippen LogP contribution in [0.4, 0.5) is 0 Å². The first-order chi connectivity index (χ1) is 17.0. The molecule has 0 saturated heterocycles. The molecule has 1 N–H and O–H groups in total. The summed E-state index contributed by atoms with van der Waals surface area (Å²) in [6.07, 6.45) is 23.0. The number of esters is 2. The van der Waals surface area contributed by atoms with Gasteiger partial charge < -0.3 is 14.6 Å². The van der Waals surface area contributed by atoms with E-state index >= 15 is 0 Å². The molecule has 0 aliphatic carbocycles. The van der Waals surface area contributed by atoms with Gasteiger partial charge >= 0.3 is 11.9 Å². The second-order valence-electron chi connectivity index (χ2n) is 10.7. The molecule has 0 heterocycles. The van der Waals surface area contributed by atoms with E-state index in [1.807, 2.05) is 0 Å². The van der Waals surface area contributed by atoms with E-state index in [9.17, 15) is 14.7 Å². The smallest absolute Gasteiger partial charge is 0.306 e. The number of hydrogen-bond acceptors (Lipinski definition) is 5. The predicted molar refractivity (Wildman–Crippen MR) is 145 cm³/mol. The maximum absolute atomic E-state index is 12.0. The van der Waals surface area contributed by atoms with Gasteiger partial charge in [0.15, 0.2) is 6.10 Å². The summed E-state index contributed by atoms with van der Waals surface area (Å²) in [4.78, 5) is 23.9. The third-order valence-corrected chi connectivity index (χ3v) is 6.58. The molecule has 0 radical (unpaired) electrons. The molecule has 0 fully saturated rings. The fraction of sp³-hybridized carbons (Fsp3) is 0.933. The highest BCUT2D eigenvalue weighted by Gasteiger charge is 2.16. The van der Waals surface area contributed by atoms with Crippen LogP contribution in [0.15, 0.2) is 0 Å². The van der Waals surface area contributed by atoms with Gasteiger partial charge in [-0.15, -0.1) is 0 Å². The molecule has 35 heavy (non-hydrogen) atoms. The van der Waals surface area contributed by atoms with E-state index in [-0.39, 0.29) is 25.2 Å². The van der Waals surface area contributed by atoms with E-state index < -0.39 is 6.10 Å². The minimum absolute atomic E-state index is 0.0600. The third-order valence-electron chi connectivity index (χ3n) is 6.58. The molecule has 0 spiro atoms. The van der Waals surface area contributed by atoms with Crippen LogP contribution in [0.25, 0.3) is 0 Å². The van der Waals surface area contributed by atoms with Gasteiger partial charge in [-0.05, 0) is 18.8 Å². The van der Waals surface area contributed by atoms with Crippen LogP contribution in [-0.4, -0.2) is 36.4 Å². The standard InChI is InChI=1S/C30H58O5/c1-4-5-6-7-8-9-10-11-14-17-20-23-29(32)34-26-28(25-31)35-30(33)24-21-18-15-12-13-16-19-22-27(2)3/h27-28,31H,4-26H2,1-3H3/t28-/m0/s1. The molecule has 0 saturated carbocycles. The summed E-state index contributed by atoms with van der Waals surface area (Å²) in [6.45, 7) is 6.40.